The Morgan fingerprint density at radius 3 is 2.02 bits per heavy atom. The fourth-order valence-corrected chi connectivity index (χ4v) is 10.3. The second-order valence-electron chi connectivity index (χ2n) is 18.7. The van der Waals surface area contributed by atoms with Gasteiger partial charge < -0.3 is 8.85 Å². The maximum Gasteiger partial charge on any atom is 0.192 e. The molecule has 0 aromatic rings. The first-order chi connectivity index (χ1) is 20.0. The summed E-state index contributed by atoms with van der Waals surface area (Å²) < 4.78 is 14.2. The van der Waals surface area contributed by atoms with Crippen LogP contribution in [0.15, 0.2) is 47.6 Å². The summed E-state index contributed by atoms with van der Waals surface area (Å²) in [6.45, 7) is 40.5. The van der Waals surface area contributed by atoms with E-state index in [2.05, 4.69) is 127 Å². The van der Waals surface area contributed by atoms with Gasteiger partial charge >= 0.3 is 0 Å². The molecule has 4 unspecified atom stereocenters. The van der Waals surface area contributed by atoms with E-state index in [1.54, 1.807) is 5.57 Å². The van der Waals surface area contributed by atoms with Gasteiger partial charge in [0.15, 0.2) is 16.6 Å². The monoisotopic (exact) mass is 641 g/mol. The first-order valence-electron chi connectivity index (χ1n) is 18.1. The average Bonchev–Trinajstić information content (AvgIpc) is 3.23. The Bertz CT molecular complexity index is 1100. The van der Waals surface area contributed by atoms with Crippen LogP contribution in [0.5, 0.6) is 0 Å². The van der Waals surface area contributed by atoms with Crippen LogP contribution in [-0.2, 0) is 8.85 Å². The molecule has 0 spiro atoms. The number of allylic oxidation sites excluding steroid dienone is 5. The Labute approximate surface area is 276 Å². The second kappa shape index (κ2) is 13.8. The number of rotatable bonds is 9. The van der Waals surface area contributed by atoms with Gasteiger partial charge in [-0.2, -0.15) is 0 Å². The van der Waals surface area contributed by atoms with E-state index in [4.69, 9.17) is 15.4 Å². The van der Waals surface area contributed by atoms with Crippen molar-refractivity contribution in [3.05, 3.63) is 47.6 Å². The van der Waals surface area contributed by atoms with Gasteiger partial charge in [0.25, 0.3) is 0 Å². The Balaban J connectivity index is 1.90. The molecule has 0 heterocycles. The summed E-state index contributed by atoms with van der Waals surface area (Å²) in [7, 11) is -3.88. The van der Waals surface area contributed by atoms with Crippen molar-refractivity contribution in [1.82, 2.24) is 0 Å². The highest BCUT2D eigenvalue weighted by molar-refractivity contribution is 6.74. The van der Waals surface area contributed by atoms with Crippen molar-refractivity contribution < 1.29 is 8.85 Å². The molecule has 2 nitrogen and oxygen atoms in total. The molecule has 0 bridgehead atoms. The molecule has 0 saturated heterocycles. The zero-order chi connectivity index (χ0) is 33.5. The van der Waals surface area contributed by atoms with Crippen LogP contribution in [0.2, 0.25) is 36.3 Å². The number of hydrogen-bond donors (Lipinski definition) is 0. The molecule has 0 aliphatic heterocycles. The fourth-order valence-electron chi connectivity index (χ4n) is 7.62. The van der Waals surface area contributed by atoms with Crippen LogP contribution in [0.4, 0.5) is 0 Å². The van der Waals surface area contributed by atoms with Gasteiger partial charge in [0, 0.05) is 6.42 Å². The molecule has 4 heteroatoms. The smallest absolute Gasteiger partial charge is 0.192 e. The summed E-state index contributed by atoms with van der Waals surface area (Å²) in [6, 6.07) is 0. The van der Waals surface area contributed by atoms with Crippen LogP contribution >= 0.6 is 0 Å². The summed E-state index contributed by atoms with van der Waals surface area (Å²) in [5.41, 5.74) is 4.64. The molecule has 44 heavy (non-hydrogen) atoms. The van der Waals surface area contributed by atoms with Crippen LogP contribution in [0.3, 0.4) is 0 Å². The van der Waals surface area contributed by atoms with E-state index in [1.165, 1.54) is 43.3 Å². The Kier molecular flexibility index (Phi) is 11.9. The van der Waals surface area contributed by atoms with E-state index >= 15 is 0 Å². The van der Waals surface area contributed by atoms with E-state index in [-0.39, 0.29) is 22.3 Å². The van der Waals surface area contributed by atoms with Gasteiger partial charge in [0.1, 0.15) is 0 Å². The van der Waals surface area contributed by atoms with Gasteiger partial charge in [-0.25, -0.2) is 0 Å². The SMILES string of the molecule is C=C1/C(=C\C=C2/CCC[C@]3(C)[C@@H](C(C)/C=C/C(C)C(C)C)CC[C@@H]23)CC(O[Si](C)(C)C(C)(C)C)CC1O[Si](C)(C)C(C)(C)C. The first-order valence-corrected chi connectivity index (χ1v) is 23.9. The zero-order valence-electron chi connectivity index (χ0n) is 31.8. The van der Waals surface area contributed by atoms with Gasteiger partial charge in [0.05, 0.1) is 12.2 Å². The van der Waals surface area contributed by atoms with Crippen molar-refractivity contribution in [3.63, 3.8) is 0 Å². The first kappa shape index (κ1) is 37.8. The minimum Gasteiger partial charge on any atom is -0.413 e. The Hall–Kier alpha value is -0.686. The molecule has 3 aliphatic carbocycles. The molecule has 3 saturated carbocycles. The highest BCUT2D eigenvalue weighted by Crippen LogP contribution is 2.59. The standard InChI is InChI=1S/C40H72O2Si2/c1-28(2)29(3)19-20-30(4)35-23-24-36-32(18-17-25-40(35,36)12)21-22-33-26-34(41-43(13,14)38(6,7)8)27-37(31(33)5)42-44(15,16)39(9,10)11/h19-22,28-30,34-37H,5,17-18,23-27H2,1-4,6-16H3/b20-19+,32-21+,33-22-/t29?,30?,34?,35-,36+,37?,40-/m1/s1. The quantitative estimate of drug-likeness (QED) is 0.184. The lowest BCUT2D eigenvalue weighted by Gasteiger charge is -2.45. The zero-order valence-corrected chi connectivity index (χ0v) is 33.8. The van der Waals surface area contributed by atoms with Crippen LogP contribution in [-0.4, -0.2) is 28.8 Å². The van der Waals surface area contributed by atoms with Crippen molar-refractivity contribution in [3.8, 4) is 0 Å². The molecule has 3 aliphatic rings. The van der Waals surface area contributed by atoms with Crippen molar-refractivity contribution in [2.24, 2.45) is 35.0 Å². The molecule has 252 valence electrons. The lowest BCUT2D eigenvalue weighted by atomic mass is 9.61. The normalized spacial score (nSPS) is 32.6. The van der Waals surface area contributed by atoms with Gasteiger partial charge in [-0.05, 0) is 121 Å². The van der Waals surface area contributed by atoms with Crippen molar-refractivity contribution in [2.75, 3.05) is 0 Å². The molecular weight excluding hydrogens is 569 g/mol. The topological polar surface area (TPSA) is 18.5 Å². The van der Waals surface area contributed by atoms with Crippen molar-refractivity contribution in [2.45, 2.75) is 170 Å². The van der Waals surface area contributed by atoms with Crippen LogP contribution < -0.4 is 0 Å². The highest BCUT2D eigenvalue weighted by atomic mass is 28.4. The van der Waals surface area contributed by atoms with Crippen molar-refractivity contribution in [1.29, 1.82) is 0 Å². The fraction of sp³-hybridized carbons (Fsp3) is 0.800. The molecular formula is C40H72O2Si2. The molecule has 0 aromatic heterocycles. The predicted octanol–water partition coefficient (Wildman–Crippen LogP) is 12.7. The lowest BCUT2D eigenvalue weighted by molar-refractivity contribution is 0.0969. The summed E-state index contributed by atoms with van der Waals surface area (Å²) in [5, 5.41) is 0.352. The van der Waals surface area contributed by atoms with E-state index in [9.17, 15) is 0 Å². The van der Waals surface area contributed by atoms with Gasteiger partial charge in [-0.3, -0.25) is 0 Å². The molecule has 0 N–H and O–H groups in total. The predicted molar refractivity (Wildman–Crippen MR) is 199 cm³/mol. The van der Waals surface area contributed by atoms with Crippen LogP contribution in [0.1, 0.15) is 121 Å². The highest BCUT2D eigenvalue weighted by Gasteiger charge is 2.50. The minimum absolute atomic E-state index is 0.0393. The second-order valence-corrected chi connectivity index (χ2v) is 28.2. The van der Waals surface area contributed by atoms with E-state index in [1.807, 2.05) is 0 Å². The van der Waals surface area contributed by atoms with E-state index in [0.29, 0.717) is 29.1 Å². The molecule has 3 fully saturated rings. The maximum atomic E-state index is 7.09. The van der Waals surface area contributed by atoms with E-state index in [0.717, 1.165) is 18.8 Å². The Morgan fingerprint density at radius 2 is 1.45 bits per heavy atom. The lowest BCUT2D eigenvalue weighted by Crippen LogP contribution is -2.49. The third-order valence-electron chi connectivity index (χ3n) is 13.2. The summed E-state index contributed by atoms with van der Waals surface area (Å²) in [6.07, 6.45) is 18.8. The van der Waals surface area contributed by atoms with Gasteiger partial charge in [0.2, 0.25) is 0 Å². The van der Waals surface area contributed by atoms with Crippen molar-refractivity contribution >= 4 is 16.6 Å². The molecule has 0 amide bonds. The minimum atomic E-state index is -1.96. The summed E-state index contributed by atoms with van der Waals surface area (Å²) in [4.78, 5) is 0. The number of fused-ring (bicyclic) bond motifs is 1. The molecule has 7 atom stereocenters. The molecule has 0 radical (unpaired) electrons. The van der Waals surface area contributed by atoms with E-state index < -0.39 is 16.6 Å². The third kappa shape index (κ3) is 8.42. The molecule has 0 aromatic carbocycles. The number of hydrogen-bond acceptors (Lipinski definition) is 2. The van der Waals surface area contributed by atoms with Crippen LogP contribution in [0, 0.1) is 35.0 Å². The largest absolute Gasteiger partial charge is 0.413 e. The summed E-state index contributed by atoms with van der Waals surface area (Å²) >= 11 is 0. The maximum absolute atomic E-state index is 7.09. The Morgan fingerprint density at radius 1 is 0.864 bits per heavy atom. The third-order valence-corrected chi connectivity index (χ3v) is 22.2. The summed E-state index contributed by atoms with van der Waals surface area (Å²) in [5.74, 6) is 3.47. The van der Waals surface area contributed by atoms with Crippen LogP contribution in [0.25, 0.3) is 0 Å². The molecule has 3 rings (SSSR count). The van der Waals surface area contributed by atoms with Gasteiger partial charge in [-0.1, -0.05) is 113 Å². The van der Waals surface area contributed by atoms with Gasteiger partial charge in [-0.15, -0.1) is 0 Å². The average molecular weight is 641 g/mol.